The molecule has 0 radical (unpaired) electrons. The first-order valence-corrected chi connectivity index (χ1v) is 10.0. The molecule has 1 aliphatic heterocycles. The second kappa shape index (κ2) is 8.00. The van der Waals surface area contributed by atoms with Gasteiger partial charge in [0.1, 0.15) is 5.69 Å². The molecule has 3 heterocycles. The number of rotatable bonds is 6. The molecule has 0 spiro atoms. The Morgan fingerprint density at radius 2 is 2.10 bits per heavy atom. The van der Waals surface area contributed by atoms with Crippen LogP contribution in [-0.4, -0.2) is 34.2 Å². The van der Waals surface area contributed by atoms with E-state index < -0.39 is 17.0 Å². The molecule has 1 fully saturated rings. The van der Waals surface area contributed by atoms with Gasteiger partial charge in [-0.05, 0) is 43.3 Å². The number of nitro benzene ring substituents is 1. The van der Waals surface area contributed by atoms with Gasteiger partial charge in [-0.3, -0.25) is 10.1 Å². The minimum Gasteiger partial charge on any atom is -0.449 e. The number of carbonyl (C=O) groups is 1. The summed E-state index contributed by atoms with van der Waals surface area (Å²) in [6, 6.07) is 8.12. The third-order valence-corrected chi connectivity index (χ3v) is 5.52. The molecule has 1 aromatic carbocycles. The Morgan fingerprint density at radius 1 is 1.31 bits per heavy atom. The Bertz CT molecular complexity index is 1030. The Kier molecular flexibility index (Phi) is 5.26. The van der Waals surface area contributed by atoms with Crippen molar-refractivity contribution in [2.24, 2.45) is 0 Å². The molecule has 0 N–H and O–H groups in total. The number of hydrogen-bond donors (Lipinski definition) is 0. The molecule has 1 atom stereocenters. The van der Waals surface area contributed by atoms with Crippen molar-refractivity contribution in [1.82, 2.24) is 10.2 Å². The molecule has 10 heteroatoms. The quantitative estimate of drug-likeness (QED) is 0.335. The third kappa shape index (κ3) is 3.97. The first-order chi connectivity index (χ1) is 14.0. The van der Waals surface area contributed by atoms with Gasteiger partial charge in [0, 0.05) is 19.2 Å². The molecule has 0 unspecified atom stereocenters. The molecule has 9 nitrogen and oxygen atoms in total. The van der Waals surface area contributed by atoms with E-state index >= 15 is 0 Å². The molecule has 29 heavy (non-hydrogen) atoms. The molecule has 0 bridgehead atoms. The van der Waals surface area contributed by atoms with Gasteiger partial charge in [0.15, 0.2) is 6.10 Å². The lowest BCUT2D eigenvalue weighted by Crippen LogP contribution is -2.19. The van der Waals surface area contributed by atoms with E-state index in [2.05, 4.69) is 10.2 Å². The fourth-order valence-electron chi connectivity index (χ4n) is 3.20. The van der Waals surface area contributed by atoms with Gasteiger partial charge < -0.3 is 14.1 Å². The van der Waals surface area contributed by atoms with Crippen LogP contribution >= 0.6 is 11.3 Å². The fraction of sp³-hybridized carbons (Fsp3) is 0.316. The molecule has 150 valence electrons. The van der Waals surface area contributed by atoms with Crippen LogP contribution in [0.4, 0.5) is 11.4 Å². The van der Waals surface area contributed by atoms with Gasteiger partial charge in [0.25, 0.3) is 17.5 Å². The van der Waals surface area contributed by atoms with E-state index in [4.69, 9.17) is 9.15 Å². The van der Waals surface area contributed by atoms with Gasteiger partial charge in [-0.1, -0.05) is 6.07 Å². The average molecular weight is 414 g/mol. The van der Waals surface area contributed by atoms with Crippen molar-refractivity contribution in [1.29, 1.82) is 0 Å². The van der Waals surface area contributed by atoms with Crippen LogP contribution in [0.15, 0.2) is 40.1 Å². The highest BCUT2D eigenvalue weighted by atomic mass is 32.1. The first kappa shape index (κ1) is 19.1. The summed E-state index contributed by atoms with van der Waals surface area (Å²) in [4.78, 5) is 26.3. The third-order valence-electron chi connectivity index (χ3n) is 4.66. The van der Waals surface area contributed by atoms with Crippen LogP contribution < -0.4 is 4.90 Å². The average Bonchev–Trinajstić information content (AvgIpc) is 3.49. The van der Waals surface area contributed by atoms with Crippen LogP contribution in [0.2, 0.25) is 0 Å². The van der Waals surface area contributed by atoms with Crippen LogP contribution in [0.25, 0.3) is 10.8 Å². The normalized spacial score (nSPS) is 14.7. The maximum atomic E-state index is 12.5. The summed E-state index contributed by atoms with van der Waals surface area (Å²) in [6.45, 7) is 3.15. The molecule has 2 aromatic heterocycles. The predicted octanol–water partition coefficient (Wildman–Crippen LogP) is 4.22. The Hall–Kier alpha value is -3.27. The molecule has 4 rings (SSSR count). The van der Waals surface area contributed by atoms with Gasteiger partial charge in [0.2, 0.25) is 0 Å². The number of hydrogen-bond acceptors (Lipinski definition) is 9. The van der Waals surface area contributed by atoms with Crippen molar-refractivity contribution in [3.05, 3.63) is 57.3 Å². The summed E-state index contributed by atoms with van der Waals surface area (Å²) in [5.74, 6) is -0.183. The van der Waals surface area contributed by atoms with Crippen LogP contribution in [0.5, 0.6) is 0 Å². The zero-order valence-electron chi connectivity index (χ0n) is 15.6. The smallest absolute Gasteiger partial charge is 0.339 e. The van der Waals surface area contributed by atoms with E-state index in [1.165, 1.54) is 17.4 Å². The number of anilines is 1. The van der Waals surface area contributed by atoms with Crippen LogP contribution in [-0.2, 0) is 4.74 Å². The maximum Gasteiger partial charge on any atom is 0.339 e. The van der Waals surface area contributed by atoms with Gasteiger partial charge in [0.05, 0.1) is 15.4 Å². The summed E-state index contributed by atoms with van der Waals surface area (Å²) in [7, 11) is 0. The molecule has 0 aliphatic carbocycles. The zero-order chi connectivity index (χ0) is 20.4. The molecule has 0 saturated carbocycles. The molecule has 3 aromatic rings. The van der Waals surface area contributed by atoms with E-state index in [0.29, 0.717) is 11.6 Å². The monoisotopic (exact) mass is 414 g/mol. The summed E-state index contributed by atoms with van der Waals surface area (Å²) in [6.07, 6.45) is 1.20. The number of carbonyl (C=O) groups excluding carboxylic acids is 1. The number of nitro groups is 1. The SMILES string of the molecule is C[C@@H](OC(=O)c1ccc(N2CCCC2)c([N+](=O)[O-])c1)c1nnc(-c2cccs2)o1. The fourth-order valence-corrected chi connectivity index (χ4v) is 3.84. The Morgan fingerprint density at radius 3 is 2.79 bits per heavy atom. The second-order valence-corrected chi connectivity index (χ2v) is 7.57. The van der Waals surface area contributed by atoms with Gasteiger partial charge in [-0.15, -0.1) is 21.5 Å². The van der Waals surface area contributed by atoms with Crippen LogP contribution in [0.1, 0.15) is 42.1 Å². The Labute approximate surface area is 170 Å². The summed E-state index contributed by atoms with van der Waals surface area (Å²) in [5, 5.41) is 21.3. The van der Waals surface area contributed by atoms with E-state index in [-0.39, 0.29) is 17.1 Å². The Balaban J connectivity index is 1.50. The van der Waals surface area contributed by atoms with Crippen molar-refractivity contribution in [3.63, 3.8) is 0 Å². The van der Waals surface area contributed by atoms with Gasteiger partial charge in [-0.25, -0.2) is 4.79 Å². The summed E-state index contributed by atoms with van der Waals surface area (Å²) >= 11 is 1.46. The first-order valence-electron chi connectivity index (χ1n) is 9.14. The van der Waals surface area contributed by atoms with Crippen molar-refractivity contribution in [2.75, 3.05) is 18.0 Å². The number of esters is 1. The lowest BCUT2D eigenvalue weighted by molar-refractivity contribution is -0.384. The number of ether oxygens (including phenoxy) is 1. The summed E-state index contributed by atoms with van der Waals surface area (Å²) in [5.41, 5.74) is 0.519. The molecular formula is C19H18N4O5S. The van der Waals surface area contributed by atoms with Gasteiger partial charge >= 0.3 is 5.97 Å². The highest BCUT2D eigenvalue weighted by Gasteiger charge is 2.26. The van der Waals surface area contributed by atoms with Crippen LogP contribution in [0, 0.1) is 10.1 Å². The zero-order valence-corrected chi connectivity index (χ0v) is 16.4. The lowest BCUT2D eigenvalue weighted by Gasteiger charge is -2.18. The van der Waals surface area contributed by atoms with Gasteiger partial charge in [-0.2, -0.15) is 0 Å². The largest absolute Gasteiger partial charge is 0.449 e. The number of aromatic nitrogens is 2. The molecule has 0 amide bonds. The van der Waals surface area contributed by atoms with Crippen molar-refractivity contribution < 1.29 is 18.9 Å². The standard InChI is InChI=1S/C19H18N4O5S/c1-12(17-20-21-18(28-17)16-5-4-10-29-16)27-19(24)13-6-7-14(15(11-13)23(25)26)22-8-2-3-9-22/h4-7,10-12H,2-3,8-9H2,1H3/t12-/m1/s1. The highest BCUT2D eigenvalue weighted by Crippen LogP contribution is 2.32. The minimum atomic E-state index is -0.791. The molecule has 1 saturated heterocycles. The maximum absolute atomic E-state index is 12.5. The summed E-state index contributed by atoms with van der Waals surface area (Å²) < 4.78 is 11.0. The van der Waals surface area contributed by atoms with Crippen LogP contribution in [0.3, 0.4) is 0 Å². The highest BCUT2D eigenvalue weighted by molar-refractivity contribution is 7.13. The number of nitrogens with zero attached hydrogens (tertiary/aromatic N) is 4. The second-order valence-electron chi connectivity index (χ2n) is 6.63. The lowest BCUT2D eigenvalue weighted by atomic mass is 10.1. The van der Waals surface area contributed by atoms with E-state index in [1.807, 2.05) is 22.4 Å². The molecule has 1 aliphatic rings. The predicted molar refractivity (Wildman–Crippen MR) is 106 cm³/mol. The van der Waals surface area contributed by atoms with Crippen molar-refractivity contribution in [3.8, 4) is 10.8 Å². The minimum absolute atomic E-state index is 0.101. The van der Waals surface area contributed by atoms with Crippen molar-refractivity contribution >= 4 is 28.7 Å². The van der Waals surface area contributed by atoms with E-state index in [9.17, 15) is 14.9 Å². The topological polar surface area (TPSA) is 112 Å². The van der Waals surface area contributed by atoms with E-state index in [1.54, 1.807) is 19.1 Å². The van der Waals surface area contributed by atoms with E-state index in [0.717, 1.165) is 30.8 Å². The number of thiophene rings is 1. The number of benzene rings is 1. The van der Waals surface area contributed by atoms with Crippen molar-refractivity contribution in [2.45, 2.75) is 25.9 Å². The molecular weight excluding hydrogens is 396 g/mol.